The summed E-state index contributed by atoms with van der Waals surface area (Å²) in [5.41, 5.74) is 4.53. The number of alkyl halides is 1. The minimum Gasteiger partial charge on any atom is -0.458 e. The molecule has 9 nitrogen and oxygen atoms in total. The third-order valence-corrected chi connectivity index (χ3v) is 4.33. The summed E-state index contributed by atoms with van der Waals surface area (Å²) in [6, 6.07) is -1.05. The van der Waals surface area contributed by atoms with Gasteiger partial charge < -0.3 is 25.4 Å². The van der Waals surface area contributed by atoms with Crippen molar-refractivity contribution in [1.82, 2.24) is 9.55 Å². The van der Waals surface area contributed by atoms with E-state index in [-0.39, 0.29) is 16.1 Å². The Morgan fingerprint density at radius 1 is 1.70 bits per heavy atom. The number of H-pyrrole nitrogens is 1. The van der Waals surface area contributed by atoms with Crippen molar-refractivity contribution in [3.63, 3.8) is 0 Å². The van der Waals surface area contributed by atoms with Crippen LogP contribution in [0.5, 0.6) is 0 Å². The number of nitrogens with zero attached hydrogens (tertiary/aromatic N) is 1. The average Bonchev–Trinajstić information content (AvgIpc) is 2.80. The predicted octanol–water partition coefficient (Wildman–Crippen LogP) is -0.670. The van der Waals surface area contributed by atoms with Gasteiger partial charge in [0.05, 0.1) is 6.93 Å². The molecule has 1 aromatic rings. The van der Waals surface area contributed by atoms with Crippen molar-refractivity contribution in [2.24, 2.45) is 11.7 Å². The zero-order valence-electron chi connectivity index (χ0n) is 15.5. The van der Waals surface area contributed by atoms with E-state index >= 15 is 4.39 Å². The van der Waals surface area contributed by atoms with Crippen LogP contribution in [0, 0.1) is 22.9 Å². The second-order valence-corrected chi connectivity index (χ2v) is 6.72. The molecular formula is C16H20FN3O6S. The van der Waals surface area contributed by atoms with E-state index in [2.05, 4.69) is 10.9 Å². The molecule has 0 spiro atoms. The molecule has 5 N–H and O–H groups in total. The number of carbonyl (C=O) groups excluding carboxylic acids is 1. The predicted molar refractivity (Wildman–Crippen MR) is 93.6 cm³/mol. The first-order chi connectivity index (χ1) is 12.9. The number of hydrogen-bond donors (Lipinski definition) is 4. The normalized spacial score (nSPS) is 32.0. The Bertz CT molecular complexity index is 930. The number of ether oxygens (including phenoxy) is 2. The van der Waals surface area contributed by atoms with Gasteiger partial charge >= 0.3 is 11.7 Å². The van der Waals surface area contributed by atoms with E-state index in [1.54, 1.807) is 13.8 Å². The molecule has 0 saturated carbocycles. The fourth-order valence-corrected chi connectivity index (χ4v) is 2.45. The van der Waals surface area contributed by atoms with E-state index in [9.17, 15) is 19.8 Å². The smallest absolute Gasteiger partial charge is 0.328 e. The highest BCUT2D eigenvalue weighted by molar-refractivity contribution is 7.71. The lowest BCUT2D eigenvalue weighted by molar-refractivity contribution is -0.217. The molecule has 1 aromatic heterocycles. The number of rotatable bonds is 5. The molecule has 1 saturated heterocycles. The van der Waals surface area contributed by atoms with Crippen molar-refractivity contribution < 1.29 is 30.2 Å². The molecule has 0 aliphatic carbocycles. The number of carbonyl (C=O) groups is 1. The molecule has 5 atom stereocenters. The van der Waals surface area contributed by atoms with Crippen molar-refractivity contribution in [3.8, 4) is 12.3 Å². The summed E-state index contributed by atoms with van der Waals surface area (Å²) in [6.45, 7) is 2.13. The maximum Gasteiger partial charge on any atom is 0.328 e. The second-order valence-electron chi connectivity index (χ2n) is 6.31. The molecule has 0 unspecified atom stereocenters. The Kier molecular flexibility index (Phi) is 5.73. The number of aliphatic hydroxyl groups is 2. The first-order valence-electron chi connectivity index (χ1n) is 8.38. The molecule has 27 heavy (non-hydrogen) atoms. The minimum atomic E-state index is -3.18. The van der Waals surface area contributed by atoms with Crippen LogP contribution < -0.4 is 11.4 Å². The lowest BCUT2D eigenvalue weighted by atomic mass is 10.1. The van der Waals surface area contributed by atoms with E-state index in [1.165, 1.54) is 0 Å². The van der Waals surface area contributed by atoms with Gasteiger partial charge in [0, 0.05) is 6.20 Å². The summed E-state index contributed by atoms with van der Waals surface area (Å²) in [5.74, 6) is -2.29. The highest BCUT2D eigenvalue weighted by Gasteiger charge is 2.57. The largest absolute Gasteiger partial charge is 0.458 e. The number of aliphatic hydroxyl groups excluding tert-OH is 2. The Labute approximate surface area is 160 Å². The molecule has 1 aliphatic heterocycles. The van der Waals surface area contributed by atoms with Gasteiger partial charge in [-0.2, -0.15) is 0 Å². The molecule has 1 fully saturated rings. The van der Waals surface area contributed by atoms with Crippen molar-refractivity contribution in [1.29, 1.82) is 0 Å². The molecule has 1 aliphatic rings. The number of aromatic amines is 1. The summed E-state index contributed by atoms with van der Waals surface area (Å²) >= 11 is 4.85. The van der Waals surface area contributed by atoms with Gasteiger partial charge in [0.1, 0.15) is 22.9 Å². The molecule has 11 heteroatoms. The molecule has 2 rings (SSSR count). The molecular weight excluding hydrogens is 381 g/mol. The highest BCUT2D eigenvalue weighted by Crippen LogP contribution is 2.38. The van der Waals surface area contributed by atoms with E-state index in [0.29, 0.717) is 4.57 Å². The highest BCUT2D eigenvalue weighted by atomic mass is 32.1. The number of halogens is 1. The van der Waals surface area contributed by atoms with Gasteiger partial charge in [-0.15, -0.1) is 6.42 Å². The number of nitrogens with one attached hydrogen (secondary N) is 1. The minimum absolute atomic E-state index is 0.0304. The first-order valence-corrected chi connectivity index (χ1v) is 8.28. The van der Waals surface area contributed by atoms with Crippen LogP contribution in [-0.4, -0.2) is 56.4 Å². The average molecular weight is 402 g/mol. The number of aromatic nitrogens is 2. The molecule has 148 valence electrons. The maximum absolute atomic E-state index is 15.1. The van der Waals surface area contributed by atoms with Crippen molar-refractivity contribution in [2.75, 3.05) is 6.61 Å². The van der Waals surface area contributed by atoms with Gasteiger partial charge in [0.2, 0.25) is 0 Å². The number of hydrogen-bond acceptors (Lipinski definition) is 8. The summed E-state index contributed by atoms with van der Waals surface area (Å²) < 4.78 is 33.3. The van der Waals surface area contributed by atoms with Gasteiger partial charge in [-0.1, -0.05) is 32.0 Å². The second kappa shape index (κ2) is 7.87. The number of nitrogens with two attached hydrogens (primary N) is 1. The lowest BCUT2D eigenvalue weighted by Crippen LogP contribution is -2.46. The Hall–Kier alpha value is -2.10. The summed E-state index contributed by atoms with van der Waals surface area (Å²) in [4.78, 5) is 26.1. The van der Waals surface area contributed by atoms with Gasteiger partial charge in [-0.25, -0.2) is 9.18 Å². The fraction of sp³-hybridized carbons (Fsp3) is 0.562. The molecule has 0 amide bonds. The number of esters is 1. The fourth-order valence-electron chi connectivity index (χ4n) is 2.25. The zero-order chi connectivity index (χ0) is 21.4. The van der Waals surface area contributed by atoms with Crippen molar-refractivity contribution >= 4 is 18.2 Å². The van der Waals surface area contributed by atoms with Gasteiger partial charge in [-0.05, 0) is 5.92 Å². The van der Waals surface area contributed by atoms with Crippen LogP contribution >= 0.6 is 12.2 Å². The van der Waals surface area contributed by atoms with Gasteiger partial charge in [0.25, 0.3) is 5.85 Å². The van der Waals surface area contributed by atoms with E-state index in [0.717, 1.165) is 6.20 Å². The van der Waals surface area contributed by atoms with Crippen LogP contribution in [0.2, 0.25) is 0 Å². The Morgan fingerprint density at radius 3 is 2.89 bits per heavy atom. The molecule has 0 aromatic carbocycles. The monoisotopic (exact) mass is 402 g/mol. The molecule has 2 heterocycles. The van der Waals surface area contributed by atoms with Crippen LogP contribution in [0.3, 0.4) is 0 Å². The summed E-state index contributed by atoms with van der Waals surface area (Å²) in [6.07, 6.45) is -1.21. The topological polar surface area (TPSA) is 140 Å². The standard InChI is InChI=1S/C16H20FN3O6S/c1-4-8-5-20(15(24)19-12(8)27)13-10(21)11(22)16(17,26-13)6-25-14(23)9(18)7(2)3/h1,5,7,9-11,13,21-22H,6,18H2,2-3H3,(H,19,24,27)/t9-,10+,11-,13+,16+/m0/s1/i13D. The Balaban J connectivity index is 2.35. The van der Waals surface area contributed by atoms with Crippen LogP contribution in [0.15, 0.2) is 11.0 Å². The lowest BCUT2D eigenvalue weighted by Gasteiger charge is -2.24. The third kappa shape index (κ3) is 4.10. The van der Waals surface area contributed by atoms with E-state index < -0.39 is 48.6 Å². The maximum atomic E-state index is 15.1. The van der Waals surface area contributed by atoms with Crippen LogP contribution in [0.25, 0.3) is 0 Å². The molecule has 0 bridgehead atoms. The van der Waals surface area contributed by atoms with Crippen LogP contribution in [0.1, 0.15) is 27.0 Å². The van der Waals surface area contributed by atoms with E-state index in [1.807, 2.05) is 0 Å². The summed E-state index contributed by atoms with van der Waals surface area (Å²) in [7, 11) is 0. The summed E-state index contributed by atoms with van der Waals surface area (Å²) in [5, 5.41) is 20.3. The van der Waals surface area contributed by atoms with Crippen LogP contribution in [0.4, 0.5) is 4.39 Å². The van der Waals surface area contributed by atoms with Crippen molar-refractivity contribution in [2.45, 2.75) is 44.2 Å². The quantitative estimate of drug-likeness (QED) is 0.289. The number of terminal acetylenes is 1. The molecule has 0 radical (unpaired) electrons. The van der Waals surface area contributed by atoms with E-state index in [4.69, 9.17) is 35.2 Å². The van der Waals surface area contributed by atoms with Gasteiger partial charge in [-0.3, -0.25) is 14.3 Å². The van der Waals surface area contributed by atoms with Crippen LogP contribution in [-0.2, 0) is 14.3 Å². The first kappa shape index (κ1) is 19.7. The Morgan fingerprint density at radius 2 is 2.33 bits per heavy atom. The zero-order valence-corrected chi connectivity index (χ0v) is 15.3. The third-order valence-electron chi connectivity index (χ3n) is 4.00. The SMILES string of the molecule is [2H][C@@]1(n2cc(C#C)c(=S)[nH]c2=O)O[C@](F)(COC(=O)[C@@H](N)C(C)C)[C@@H](O)[C@H]1O. The van der Waals surface area contributed by atoms with Gasteiger partial charge in [0.15, 0.2) is 12.8 Å². The van der Waals surface area contributed by atoms with Crippen molar-refractivity contribution in [3.05, 3.63) is 26.9 Å².